The lowest BCUT2D eigenvalue weighted by molar-refractivity contribution is -0.385. The first kappa shape index (κ1) is 16.5. The molecule has 1 unspecified atom stereocenters. The topological polar surface area (TPSA) is 75.5 Å². The third kappa shape index (κ3) is 3.66. The fourth-order valence-corrected chi connectivity index (χ4v) is 2.29. The predicted octanol–water partition coefficient (Wildman–Crippen LogP) is 4.13. The lowest BCUT2D eigenvalue weighted by Crippen LogP contribution is -2.33. The highest BCUT2D eigenvalue weighted by Crippen LogP contribution is 2.26. The molecule has 120 valence electrons. The van der Waals surface area contributed by atoms with Crippen LogP contribution in [-0.2, 0) is 0 Å². The van der Waals surface area contributed by atoms with Gasteiger partial charge < -0.3 is 10.2 Å². The lowest BCUT2D eigenvalue weighted by atomic mass is 10.1. The number of nitrogens with one attached hydrogen (secondary N) is 1. The van der Waals surface area contributed by atoms with Crippen LogP contribution in [0.25, 0.3) is 0 Å². The van der Waals surface area contributed by atoms with Crippen LogP contribution < -0.4 is 5.32 Å². The Morgan fingerprint density at radius 3 is 2.43 bits per heavy atom. The molecule has 0 aliphatic rings. The SMILES string of the molecule is Cc1c(NC(=O)N(C)C(C)c2ccccc2)cccc1[N+](=O)[O-]. The van der Waals surface area contributed by atoms with Crippen molar-refractivity contribution in [1.82, 2.24) is 4.90 Å². The number of urea groups is 1. The zero-order valence-corrected chi connectivity index (χ0v) is 13.3. The third-order valence-electron chi connectivity index (χ3n) is 3.93. The van der Waals surface area contributed by atoms with Gasteiger partial charge in [0.15, 0.2) is 0 Å². The van der Waals surface area contributed by atoms with E-state index in [1.807, 2.05) is 37.3 Å². The van der Waals surface area contributed by atoms with Gasteiger partial charge >= 0.3 is 6.03 Å². The van der Waals surface area contributed by atoms with Crippen molar-refractivity contribution in [3.05, 3.63) is 69.8 Å². The van der Waals surface area contributed by atoms with Crippen molar-refractivity contribution in [3.8, 4) is 0 Å². The number of carbonyl (C=O) groups excluding carboxylic acids is 1. The number of nitro benzene ring substituents is 1. The fraction of sp³-hybridized carbons (Fsp3) is 0.235. The van der Waals surface area contributed by atoms with Crippen molar-refractivity contribution in [2.24, 2.45) is 0 Å². The molecule has 2 aromatic rings. The Labute approximate surface area is 134 Å². The van der Waals surface area contributed by atoms with E-state index in [9.17, 15) is 14.9 Å². The molecule has 23 heavy (non-hydrogen) atoms. The number of nitro groups is 1. The summed E-state index contributed by atoms with van der Waals surface area (Å²) in [6, 6.07) is 13.9. The first-order chi connectivity index (χ1) is 10.9. The molecule has 0 saturated carbocycles. The molecule has 2 amide bonds. The summed E-state index contributed by atoms with van der Waals surface area (Å²) in [4.78, 5) is 24.5. The Kier molecular flexibility index (Phi) is 4.95. The van der Waals surface area contributed by atoms with Crippen LogP contribution in [0.1, 0.15) is 24.1 Å². The molecular weight excluding hydrogens is 294 g/mol. The third-order valence-corrected chi connectivity index (χ3v) is 3.93. The summed E-state index contributed by atoms with van der Waals surface area (Å²) < 4.78 is 0. The van der Waals surface area contributed by atoms with E-state index in [2.05, 4.69) is 5.32 Å². The molecule has 6 nitrogen and oxygen atoms in total. The zero-order chi connectivity index (χ0) is 17.0. The number of amides is 2. The van der Waals surface area contributed by atoms with Gasteiger partial charge in [0.25, 0.3) is 5.69 Å². The summed E-state index contributed by atoms with van der Waals surface area (Å²) >= 11 is 0. The molecule has 0 aliphatic carbocycles. The number of rotatable bonds is 4. The summed E-state index contributed by atoms with van der Waals surface area (Å²) in [5.74, 6) is 0. The van der Waals surface area contributed by atoms with Crippen LogP contribution in [0.2, 0.25) is 0 Å². The summed E-state index contributed by atoms with van der Waals surface area (Å²) in [5, 5.41) is 13.7. The highest BCUT2D eigenvalue weighted by molar-refractivity contribution is 5.90. The van der Waals surface area contributed by atoms with Crippen LogP contribution in [0, 0.1) is 17.0 Å². The Hall–Kier alpha value is -2.89. The molecule has 1 atom stereocenters. The average Bonchev–Trinajstić information content (AvgIpc) is 2.55. The molecule has 6 heteroatoms. The van der Waals surface area contributed by atoms with Gasteiger partial charge in [-0.05, 0) is 25.5 Å². The lowest BCUT2D eigenvalue weighted by Gasteiger charge is -2.26. The van der Waals surface area contributed by atoms with Crippen LogP contribution in [0.15, 0.2) is 48.5 Å². The minimum atomic E-state index is -0.457. The number of nitrogens with zero attached hydrogens (tertiary/aromatic N) is 2. The van der Waals surface area contributed by atoms with Gasteiger partial charge in [0.2, 0.25) is 0 Å². The van der Waals surface area contributed by atoms with Crippen molar-refractivity contribution >= 4 is 17.4 Å². The maximum absolute atomic E-state index is 12.4. The van der Waals surface area contributed by atoms with Gasteiger partial charge in [-0.25, -0.2) is 4.79 Å². The second-order valence-electron chi connectivity index (χ2n) is 5.33. The van der Waals surface area contributed by atoms with E-state index in [1.54, 1.807) is 31.0 Å². The monoisotopic (exact) mass is 313 g/mol. The normalized spacial score (nSPS) is 11.6. The number of hydrogen-bond acceptors (Lipinski definition) is 3. The van der Waals surface area contributed by atoms with Crippen LogP contribution in [0.4, 0.5) is 16.2 Å². The summed E-state index contributed by atoms with van der Waals surface area (Å²) in [7, 11) is 1.69. The summed E-state index contributed by atoms with van der Waals surface area (Å²) in [6.07, 6.45) is 0. The van der Waals surface area contributed by atoms with Gasteiger partial charge in [0.05, 0.1) is 22.2 Å². The minimum Gasteiger partial charge on any atom is -0.321 e. The van der Waals surface area contributed by atoms with E-state index >= 15 is 0 Å². The van der Waals surface area contributed by atoms with Gasteiger partial charge in [-0.2, -0.15) is 0 Å². The number of hydrogen-bond donors (Lipinski definition) is 1. The Morgan fingerprint density at radius 2 is 1.83 bits per heavy atom. The van der Waals surface area contributed by atoms with E-state index in [0.29, 0.717) is 11.3 Å². The molecule has 1 N–H and O–H groups in total. The number of benzene rings is 2. The second kappa shape index (κ2) is 6.91. The maximum Gasteiger partial charge on any atom is 0.322 e. The molecule has 0 spiro atoms. The van der Waals surface area contributed by atoms with Crippen molar-refractivity contribution in [1.29, 1.82) is 0 Å². The summed E-state index contributed by atoms with van der Waals surface area (Å²) in [5.41, 5.74) is 1.88. The number of anilines is 1. The van der Waals surface area contributed by atoms with E-state index in [0.717, 1.165) is 5.56 Å². The van der Waals surface area contributed by atoms with Crippen LogP contribution in [0.5, 0.6) is 0 Å². The van der Waals surface area contributed by atoms with Gasteiger partial charge in [0.1, 0.15) is 0 Å². The van der Waals surface area contributed by atoms with Crippen molar-refractivity contribution in [2.45, 2.75) is 19.9 Å². The molecule has 0 bridgehead atoms. The maximum atomic E-state index is 12.4. The number of carbonyl (C=O) groups is 1. The van der Waals surface area contributed by atoms with Gasteiger partial charge in [0, 0.05) is 13.1 Å². The van der Waals surface area contributed by atoms with Gasteiger partial charge in [-0.3, -0.25) is 10.1 Å². The average molecular weight is 313 g/mol. The standard InChI is InChI=1S/C17H19N3O3/c1-12-15(10-7-11-16(12)20(22)23)18-17(21)19(3)13(2)14-8-5-4-6-9-14/h4-11,13H,1-3H3,(H,18,21). The van der Waals surface area contributed by atoms with Gasteiger partial charge in [-0.1, -0.05) is 36.4 Å². The highest BCUT2D eigenvalue weighted by Gasteiger charge is 2.20. The van der Waals surface area contributed by atoms with E-state index in [-0.39, 0.29) is 17.8 Å². The van der Waals surface area contributed by atoms with E-state index in [4.69, 9.17) is 0 Å². The molecule has 0 radical (unpaired) electrons. The summed E-state index contributed by atoms with van der Waals surface area (Å²) in [6.45, 7) is 3.55. The largest absolute Gasteiger partial charge is 0.322 e. The Bertz CT molecular complexity index is 716. The van der Waals surface area contributed by atoms with Crippen molar-refractivity contribution in [3.63, 3.8) is 0 Å². The Morgan fingerprint density at radius 1 is 1.17 bits per heavy atom. The Balaban J connectivity index is 2.16. The van der Waals surface area contributed by atoms with Crippen molar-refractivity contribution < 1.29 is 9.72 Å². The quantitative estimate of drug-likeness (QED) is 0.681. The fourth-order valence-electron chi connectivity index (χ4n) is 2.29. The molecular formula is C17H19N3O3. The highest BCUT2D eigenvalue weighted by atomic mass is 16.6. The van der Waals surface area contributed by atoms with E-state index in [1.165, 1.54) is 6.07 Å². The molecule has 2 rings (SSSR count). The van der Waals surface area contributed by atoms with Crippen molar-refractivity contribution in [2.75, 3.05) is 12.4 Å². The van der Waals surface area contributed by atoms with Crippen LogP contribution in [-0.4, -0.2) is 22.9 Å². The minimum absolute atomic E-state index is 0.0124. The van der Waals surface area contributed by atoms with E-state index < -0.39 is 4.92 Å². The molecule has 0 aliphatic heterocycles. The van der Waals surface area contributed by atoms with Gasteiger partial charge in [-0.15, -0.1) is 0 Å². The smallest absolute Gasteiger partial charge is 0.321 e. The second-order valence-corrected chi connectivity index (χ2v) is 5.33. The molecule has 0 fully saturated rings. The first-order valence-electron chi connectivity index (χ1n) is 7.24. The molecule has 0 heterocycles. The zero-order valence-electron chi connectivity index (χ0n) is 13.3. The predicted molar refractivity (Wildman–Crippen MR) is 89.5 cm³/mol. The molecule has 0 saturated heterocycles. The van der Waals surface area contributed by atoms with Crippen LogP contribution in [0.3, 0.4) is 0 Å². The molecule has 0 aromatic heterocycles. The first-order valence-corrected chi connectivity index (χ1v) is 7.24. The molecule has 2 aromatic carbocycles. The van der Waals surface area contributed by atoms with Crippen LogP contribution >= 0.6 is 0 Å².